The van der Waals surface area contributed by atoms with Crippen LogP contribution in [0.15, 0.2) is 30.3 Å². The fraction of sp³-hybridized carbons (Fsp3) is 0.143. The zero-order valence-corrected chi connectivity index (χ0v) is 13.9. The van der Waals surface area contributed by atoms with Crippen LogP contribution in [0.5, 0.6) is 11.5 Å². The molecule has 0 radical (unpaired) electrons. The van der Waals surface area contributed by atoms with E-state index in [1.54, 1.807) is 26.4 Å². The Balaban J connectivity index is 2.40. The number of ether oxygens (including phenoxy) is 2. The Labute approximate surface area is 136 Å². The SMILES string of the molecule is COc1cc(OC)c(Nc2ccc(N)cc2I)cc1Cl. The molecule has 0 unspecified atom stereocenters. The van der Waals surface area contributed by atoms with Gasteiger partial charge in [0.15, 0.2) is 0 Å². The number of methoxy groups -OCH3 is 2. The maximum Gasteiger partial charge on any atom is 0.146 e. The van der Waals surface area contributed by atoms with Crippen LogP contribution >= 0.6 is 34.2 Å². The van der Waals surface area contributed by atoms with Crippen LogP contribution in [0.1, 0.15) is 0 Å². The van der Waals surface area contributed by atoms with E-state index in [-0.39, 0.29) is 0 Å². The van der Waals surface area contributed by atoms with E-state index < -0.39 is 0 Å². The number of hydrogen-bond acceptors (Lipinski definition) is 4. The van der Waals surface area contributed by atoms with E-state index in [1.807, 2.05) is 18.2 Å². The summed E-state index contributed by atoms with van der Waals surface area (Å²) in [5, 5.41) is 3.80. The molecule has 20 heavy (non-hydrogen) atoms. The molecule has 0 aliphatic rings. The average molecular weight is 405 g/mol. The van der Waals surface area contributed by atoms with Crippen molar-refractivity contribution in [3.05, 3.63) is 38.9 Å². The lowest BCUT2D eigenvalue weighted by Gasteiger charge is -2.15. The second-order valence-corrected chi connectivity index (χ2v) is 5.62. The lowest BCUT2D eigenvalue weighted by Crippen LogP contribution is -1.98. The third kappa shape index (κ3) is 3.21. The predicted molar refractivity (Wildman–Crippen MR) is 91.4 cm³/mol. The van der Waals surface area contributed by atoms with Gasteiger partial charge in [0.1, 0.15) is 11.5 Å². The first kappa shape index (κ1) is 15.1. The molecule has 6 heteroatoms. The van der Waals surface area contributed by atoms with Crippen LogP contribution < -0.4 is 20.5 Å². The fourth-order valence-electron chi connectivity index (χ4n) is 1.74. The predicted octanol–water partition coefficient (Wildman–Crippen LogP) is 4.29. The number of nitrogen functional groups attached to an aromatic ring is 1. The maximum atomic E-state index is 6.15. The molecule has 0 spiro atoms. The highest BCUT2D eigenvalue weighted by atomic mass is 127. The van der Waals surface area contributed by atoms with E-state index in [9.17, 15) is 0 Å². The minimum Gasteiger partial charge on any atom is -0.495 e. The van der Waals surface area contributed by atoms with Gasteiger partial charge in [-0.2, -0.15) is 0 Å². The molecule has 4 nitrogen and oxygen atoms in total. The molecule has 0 saturated heterocycles. The summed E-state index contributed by atoms with van der Waals surface area (Å²) in [7, 11) is 3.17. The average Bonchev–Trinajstić information content (AvgIpc) is 2.42. The van der Waals surface area contributed by atoms with E-state index >= 15 is 0 Å². The first-order chi connectivity index (χ1) is 9.55. The molecule has 0 aliphatic carbocycles. The third-order valence-electron chi connectivity index (χ3n) is 2.74. The van der Waals surface area contributed by atoms with E-state index in [0.717, 1.165) is 20.6 Å². The smallest absolute Gasteiger partial charge is 0.146 e. The molecule has 3 N–H and O–H groups in total. The first-order valence-electron chi connectivity index (χ1n) is 5.78. The van der Waals surface area contributed by atoms with Crippen LogP contribution in [-0.2, 0) is 0 Å². The molecule has 0 saturated carbocycles. The van der Waals surface area contributed by atoms with Gasteiger partial charge in [0.25, 0.3) is 0 Å². The van der Waals surface area contributed by atoms with Crippen LogP contribution in [0.2, 0.25) is 5.02 Å². The zero-order chi connectivity index (χ0) is 14.7. The summed E-state index contributed by atoms with van der Waals surface area (Å²) in [6, 6.07) is 9.15. The number of nitrogens with one attached hydrogen (secondary N) is 1. The molecule has 0 atom stereocenters. The number of halogens is 2. The van der Waals surface area contributed by atoms with Crippen molar-refractivity contribution >= 4 is 51.3 Å². The summed E-state index contributed by atoms with van der Waals surface area (Å²) < 4.78 is 11.5. The van der Waals surface area contributed by atoms with Crippen molar-refractivity contribution in [1.82, 2.24) is 0 Å². The Hall–Kier alpha value is -1.34. The highest BCUT2D eigenvalue weighted by molar-refractivity contribution is 14.1. The standard InChI is InChI=1S/C14H14ClIN2O2/c1-19-13-7-14(20-2)12(6-9(13)15)18-11-4-3-8(17)5-10(11)16/h3-7,18H,17H2,1-2H3. The molecule has 0 fully saturated rings. The fourth-order valence-corrected chi connectivity index (χ4v) is 2.65. The van der Waals surface area contributed by atoms with Crippen molar-refractivity contribution in [2.75, 3.05) is 25.3 Å². The molecule has 0 heterocycles. The molecule has 0 aromatic heterocycles. The van der Waals surface area contributed by atoms with Crippen LogP contribution in [0.4, 0.5) is 17.1 Å². The molecule has 0 amide bonds. The number of benzene rings is 2. The Kier molecular flexibility index (Phi) is 4.82. The van der Waals surface area contributed by atoms with Crippen molar-refractivity contribution in [2.45, 2.75) is 0 Å². The zero-order valence-electron chi connectivity index (χ0n) is 11.0. The Morgan fingerprint density at radius 3 is 2.35 bits per heavy atom. The van der Waals surface area contributed by atoms with Gasteiger partial charge >= 0.3 is 0 Å². The first-order valence-corrected chi connectivity index (χ1v) is 7.24. The van der Waals surface area contributed by atoms with Crippen molar-refractivity contribution in [2.24, 2.45) is 0 Å². The minimum absolute atomic E-state index is 0.515. The molecule has 2 aromatic rings. The largest absolute Gasteiger partial charge is 0.495 e. The summed E-state index contributed by atoms with van der Waals surface area (Å²) >= 11 is 8.37. The van der Waals surface area contributed by atoms with Crippen molar-refractivity contribution in [3.63, 3.8) is 0 Å². The Morgan fingerprint density at radius 1 is 1.05 bits per heavy atom. The van der Waals surface area contributed by atoms with E-state index in [1.165, 1.54) is 0 Å². The van der Waals surface area contributed by atoms with Gasteiger partial charge in [-0.3, -0.25) is 0 Å². The number of rotatable bonds is 4. The van der Waals surface area contributed by atoms with Crippen LogP contribution in [0.3, 0.4) is 0 Å². The summed E-state index contributed by atoms with van der Waals surface area (Å²) in [4.78, 5) is 0. The third-order valence-corrected chi connectivity index (χ3v) is 3.92. The van der Waals surface area contributed by atoms with Gasteiger partial charge in [0, 0.05) is 15.3 Å². The van der Waals surface area contributed by atoms with Crippen molar-refractivity contribution < 1.29 is 9.47 Å². The topological polar surface area (TPSA) is 56.5 Å². The molecule has 2 rings (SSSR count). The van der Waals surface area contributed by atoms with Crippen molar-refractivity contribution in [1.29, 1.82) is 0 Å². The normalized spacial score (nSPS) is 10.2. The second kappa shape index (κ2) is 6.41. The highest BCUT2D eigenvalue weighted by Gasteiger charge is 2.11. The summed E-state index contributed by atoms with van der Waals surface area (Å²) in [6.07, 6.45) is 0. The monoisotopic (exact) mass is 404 g/mol. The van der Waals surface area contributed by atoms with Crippen molar-refractivity contribution in [3.8, 4) is 11.5 Å². The van der Waals surface area contributed by atoms with Gasteiger partial charge in [0.2, 0.25) is 0 Å². The van der Waals surface area contributed by atoms with Gasteiger partial charge in [-0.15, -0.1) is 0 Å². The number of nitrogens with two attached hydrogens (primary N) is 1. The van der Waals surface area contributed by atoms with Gasteiger partial charge in [-0.05, 0) is 46.9 Å². The molecular formula is C14H14ClIN2O2. The molecular weight excluding hydrogens is 391 g/mol. The van der Waals surface area contributed by atoms with E-state index in [4.69, 9.17) is 26.8 Å². The maximum absolute atomic E-state index is 6.15. The lowest BCUT2D eigenvalue weighted by molar-refractivity contribution is 0.396. The van der Waals surface area contributed by atoms with Gasteiger partial charge < -0.3 is 20.5 Å². The molecule has 106 valence electrons. The minimum atomic E-state index is 0.515. The highest BCUT2D eigenvalue weighted by Crippen LogP contribution is 2.38. The van der Waals surface area contributed by atoms with E-state index in [2.05, 4.69) is 27.9 Å². The van der Waals surface area contributed by atoms with Gasteiger partial charge in [-0.1, -0.05) is 11.6 Å². The summed E-state index contributed by atoms with van der Waals surface area (Å²) in [6.45, 7) is 0. The Morgan fingerprint density at radius 2 is 1.75 bits per heavy atom. The quantitative estimate of drug-likeness (QED) is 0.590. The summed E-state index contributed by atoms with van der Waals surface area (Å²) in [5.74, 6) is 1.22. The molecule has 0 bridgehead atoms. The second-order valence-electron chi connectivity index (χ2n) is 4.05. The van der Waals surface area contributed by atoms with Crippen LogP contribution in [-0.4, -0.2) is 14.2 Å². The van der Waals surface area contributed by atoms with Crippen LogP contribution in [0, 0.1) is 3.57 Å². The number of anilines is 3. The number of hydrogen-bond donors (Lipinski definition) is 2. The molecule has 0 aliphatic heterocycles. The van der Waals surface area contributed by atoms with Crippen LogP contribution in [0.25, 0.3) is 0 Å². The van der Waals surface area contributed by atoms with Gasteiger partial charge in [-0.25, -0.2) is 0 Å². The van der Waals surface area contributed by atoms with E-state index in [0.29, 0.717) is 16.5 Å². The molecule has 2 aromatic carbocycles. The summed E-state index contributed by atoms with van der Waals surface area (Å²) in [5.41, 5.74) is 8.16. The lowest BCUT2D eigenvalue weighted by atomic mass is 10.2. The Bertz CT molecular complexity index is 635. The van der Waals surface area contributed by atoms with Gasteiger partial charge in [0.05, 0.1) is 30.6 Å².